The number of fused-ring (bicyclic) bond motifs is 1. The predicted molar refractivity (Wildman–Crippen MR) is 142 cm³/mol. The Hall–Kier alpha value is -3.19. The molecule has 0 unspecified atom stereocenters. The fourth-order valence-corrected chi connectivity index (χ4v) is 5.83. The molecule has 3 N–H and O–H groups in total. The van der Waals surface area contributed by atoms with E-state index in [-0.39, 0.29) is 29.8 Å². The van der Waals surface area contributed by atoms with Gasteiger partial charge in [0.1, 0.15) is 6.04 Å². The number of benzene rings is 1. The van der Waals surface area contributed by atoms with E-state index in [1.54, 1.807) is 7.05 Å². The number of likely N-dealkylation sites (tertiary alicyclic amines) is 1. The predicted octanol–water partition coefficient (Wildman–Crippen LogP) is 4.57. The van der Waals surface area contributed by atoms with Crippen molar-refractivity contribution in [3.05, 3.63) is 54.2 Å². The van der Waals surface area contributed by atoms with Crippen molar-refractivity contribution in [3.63, 3.8) is 0 Å². The average Bonchev–Trinajstić information content (AvgIpc) is 3.59. The highest BCUT2D eigenvalue weighted by atomic mass is 16.2. The van der Waals surface area contributed by atoms with Gasteiger partial charge < -0.3 is 20.5 Å². The number of aromatic nitrogens is 2. The van der Waals surface area contributed by atoms with Gasteiger partial charge in [-0.1, -0.05) is 37.5 Å². The zero-order valence-corrected chi connectivity index (χ0v) is 21.3. The number of likely N-dealkylation sites (N-methyl/N-ethyl adjacent to an activating group) is 1. The van der Waals surface area contributed by atoms with Gasteiger partial charge >= 0.3 is 0 Å². The van der Waals surface area contributed by atoms with Crippen molar-refractivity contribution in [2.24, 2.45) is 5.92 Å². The number of hydrogen-bond acceptors (Lipinski definition) is 4. The largest absolute Gasteiger partial charge is 0.353 e. The molecule has 0 radical (unpaired) electrons. The molecule has 1 saturated carbocycles. The van der Waals surface area contributed by atoms with Crippen molar-refractivity contribution in [2.45, 2.75) is 70.0 Å². The molecule has 2 aromatic heterocycles. The number of carbonyl (C=O) groups is 2. The van der Waals surface area contributed by atoms with Gasteiger partial charge in [0.25, 0.3) is 0 Å². The lowest BCUT2D eigenvalue weighted by atomic mass is 9.83. The van der Waals surface area contributed by atoms with Crippen LogP contribution in [-0.2, 0) is 9.59 Å². The summed E-state index contributed by atoms with van der Waals surface area (Å²) in [6.07, 6.45) is 9.13. The summed E-state index contributed by atoms with van der Waals surface area (Å²) in [6, 6.07) is 13.7. The van der Waals surface area contributed by atoms with Crippen LogP contribution in [0.15, 0.2) is 48.7 Å². The summed E-state index contributed by atoms with van der Waals surface area (Å²) >= 11 is 0. The lowest BCUT2D eigenvalue weighted by molar-refractivity contribution is -0.139. The fraction of sp³-hybridized carbons (Fsp3) is 0.483. The summed E-state index contributed by atoms with van der Waals surface area (Å²) in [5.74, 6) is 0.145. The van der Waals surface area contributed by atoms with E-state index in [2.05, 4.69) is 44.9 Å². The Labute approximate surface area is 213 Å². The van der Waals surface area contributed by atoms with Crippen molar-refractivity contribution >= 4 is 22.7 Å². The SMILES string of the molecule is CN[C@@H](C)C(=O)N[C@H](C(=O)N1CCC[C@H]1c1ccnc(-c2cc3ccccc3[nH]2)c1)C1CCCCC1. The summed E-state index contributed by atoms with van der Waals surface area (Å²) in [6.45, 7) is 2.55. The minimum absolute atomic E-state index is 0.00616. The van der Waals surface area contributed by atoms with Gasteiger partial charge in [-0.2, -0.15) is 0 Å². The van der Waals surface area contributed by atoms with Crippen LogP contribution in [0, 0.1) is 5.92 Å². The maximum atomic E-state index is 14.0. The van der Waals surface area contributed by atoms with Crippen LogP contribution in [-0.4, -0.2) is 52.4 Å². The second-order valence-corrected chi connectivity index (χ2v) is 10.3. The number of pyridine rings is 1. The van der Waals surface area contributed by atoms with E-state index in [1.165, 1.54) is 6.42 Å². The van der Waals surface area contributed by atoms with Crippen molar-refractivity contribution in [1.82, 2.24) is 25.5 Å². The van der Waals surface area contributed by atoms with Crippen molar-refractivity contribution < 1.29 is 9.59 Å². The highest BCUT2D eigenvalue weighted by Gasteiger charge is 2.39. The highest BCUT2D eigenvalue weighted by Crippen LogP contribution is 2.36. The van der Waals surface area contributed by atoms with Gasteiger partial charge in [-0.15, -0.1) is 0 Å². The number of rotatable bonds is 7. The van der Waals surface area contributed by atoms with Crippen LogP contribution in [0.4, 0.5) is 0 Å². The standard InChI is InChI=1S/C29H37N5O2/c1-19(30-2)28(35)33-27(20-9-4-3-5-10-20)29(36)34-16-8-13-26(34)22-14-15-31-24(18-22)25-17-21-11-6-7-12-23(21)32-25/h6-7,11-12,14-15,17-20,26-27,30,32H,3-5,8-10,13,16H2,1-2H3,(H,33,35)/t19-,26-,27-/m0/s1. The van der Waals surface area contributed by atoms with E-state index in [4.69, 9.17) is 0 Å². The van der Waals surface area contributed by atoms with E-state index >= 15 is 0 Å². The Bertz CT molecular complexity index is 1180. The number of H-pyrrole nitrogens is 1. The van der Waals surface area contributed by atoms with Gasteiger partial charge in [-0.05, 0) is 75.4 Å². The van der Waals surface area contributed by atoms with Gasteiger partial charge in [-0.3, -0.25) is 14.6 Å². The first-order chi connectivity index (χ1) is 17.5. The summed E-state index contributed by atoms with van der Waals surface area (Å²) in [5, 5.41) is 7.28. The first-order valence-electron chi connectivity index (χ1n) is 13.4. The smallest absolute Gasteiger partial charge is 0.245 e. The van der Waals surface area contributed by atoms with Crippen LogP contribution in [0.3, 0.4) is 0 Å². The molecule has 2 fully saturated rings. The molecule has 5 rings (SSSR count). The molecule has 0 bridgehead atoms. The van der Waals surface area contributed by atoms with E-state index in [0.29, 0.717) is 6.54 Å². The topological polar surface area (TPSA) is 90.1 Å². The van der Waals surface area contributed by atoms with Crippen LogP contribution in [0.1, 0.15) is 63.5 Å². The number of nitrogens with zero attached hydrogens (tertiary/aromatic N) is 2. The van der Waals surface area contributed by atoms with Crippen LogP contribution in [0.2, 0.25) is 0 Å². The lowest BCUT2D eigenvalue weighted by Gasteiger charge is -2.35. The molecule has 1 aliphatic carbocycles. The van der Waals surface area contributed by atoms with Gasteiger partial charge in [-0.25, -0.2) is 0 Å². The maximum Gasteiger partial charge on any atom is 0.245 e. The Kier molecular flexibility index (Phi) is 7.37. The van der Waals surface area contributed by atoms with Crippen LogP contribution >= 0.6 is 0 Å². The number of amides is 2. The van der Waals surface area contributed by atoms with Crippen molar-refractivity contribution in [3.8, 4) is 11.4 Å². The number of para-hydroxylation sites is 1. The minimum atomic E-state index is -0.468. The third-order valence-corrected chi connectivity index (χ3v) is 8.02. The van der Waals surface area contributed by atoms with E-state index in [9.17, 15) is 9.59 Å². The van der Waals surface area contributed by atoms with Crippen molar-refractivity contribution in [1.29, 1.82) is 0 Å². The number of hydrogen-bond donors (Lipinski definition) is 3. The van der Waals surface area contributed by atoms with Crippen LogP contribution in [0.25, 0.3) is 22.3 Å². The van der Waals surface area contributed by atoms with Crippen molar-refractivity contribution in [2.75, 3.05) is 13.6 Å². The summed E-state index contributed by atoms with van der Waals surface area (Å²) in [5.41, 5.74) is 4.03. The Morgan fingerprint density at radius 3 is 2.64 bits per heavy atom. The molecule has 190 valence electrons. The molecule has 36 heavy (non-hydrogen) atoms. The number of aromatic amines is 1. The highest BCUT2D eigenvalue weighted by molar-refractivity contribution is 5.90. The molecule has 7 heteroatoms. The molecule has 3 atom stereocenters. The molecule has 7 nitrogen and oxygen atoms in total. The lowest BCUT2D eigenvalue weighted by Crippen LogP contribution is -2.55. The van der Waals surface area contributed by atoms with Crippen LogP contribution in [0.5, 0.6) is 0 Å². The maximum absolute atomic E-state index is 14.0. The van der Waals surface area contributed by atoms with Gasteiger partial charge in [0, 0.05) is 23.6 Å². The third-order valence-electron chi connectivity index (χ3n) is 8.02. The van der Waals surface area contributed by atoms with Crippen LogP contribution < -0.4 is 10.6 Å². The first-order valence-corrected chi connectivity index (χ1v) is 13.4. The molecule has 2 amide bonds. The Balaban J connectivity index is 1.40. The summed E-state index contributed by atoms with van der Waals surface area (Å²) in [7, 11) is 1.77. The van der Waals surface area contributed by atoms with Gasteiger partial charge in [0.05, 0.1) is 23.5 Å². The van der Waals surface area contributed by atoms with Gasteiger partial charge in [0.15, 0.2) is 0 Å². The van der Waals surface area contributed by atoms with E-state index in [0.717, 1.165) is 66.4 Å². The molecule has 1 aromatic carbocycles. The molecular formula is C29H37N5O2. The monoisotopic (exact) mass is 487 g/mol. The summed E-state index contributed by atoms with van der Waals surface area (Å²) in [4.78, 5) is 36.9. The fourth-order valence-electron chi connectivity index (χ4n) is 5.83. The average molecular weight is 488 g/mol. The van der Waals surface area contributed by atoms with E-state index in [1.807, 2.05) is 36.2 Å². The number of carbonyl (C=O) groups excluding carboxylic acids is 2. The van der Waals surface area contributed by atoms with E-state index < -0.39 is 6.04 Å². The second-order valence-electron chi connectivity index (χ2n) is 10.3. The Morgan fingerprint density at radius 2 is 1.86 bits per heavy atom. The minimum Gasteiger partial charge on any atom is -0.353 e. The normalized spacial score (nSPS) is 20.4. The first kappa shape index (κ1) is 24.5. The molecule has 1 saturated heterocycles. The molecule has 1 aliphatic heterocycles. The van der Waals surface area contributed by atoms with Gasteiger partial charge in [0.2, 0.25) is 11.8 Å². The molecule has 3 heterocycles. The third kappa shape index (κ3) is 5.03. The molecule has 2 aliphatic rings. The summed E-state index contributed by atoms with van der Waals surface area (Å²) < 4.78 is 0. The zero-order chi connectivity index (χ0) is 25.1. The number of nitrogens with one attached hydrogen (secondary N) is 3. The Morgan fingerprint density at radius 1 is 1.06 bits per heavy atom. The molecular weight excluding hydrogens is 450 g/mol. The molecule has 0 spiro atoms. The quantitative estimate of drug-likeness (QED) is 0.456. The molecule has 3 aromatic rings. The second kappa shape index (κ2) is 10.8. The zero-order valence-electron chi connectivity index (χ0n) is 21.3.